The van der Waals surface area contributed by atoms with Gasteiger partial charge in [-0.25, -0.2) is 0 Å². The maximum absolute atomic E-state index is 11.8. The smallest absolute Gasteiger partial charge is 0.249 e. The van der Waals surface area contributed by atoms with Crippen molar-refractivity contribution < 1.29 is 24.5 Å². The van der Waals surface area contributed by atoms with Gasteiger partial charge in [0.1, 0.15) is 6.10 Å². The van der Waals surface area contributed by atoms with Gasteiger partial charge in [-0.15, -0.1) is 0 Å². The molecule has 1 saturated heterocycles. The van der Waals surface area contributed by atoms with Gasteiger partial charge in [0.25, 0.3) is 0 Å². The summed E-state index contributed by atoms with van der Waals surface area (Å²) in [6.07, 6.45) is -0.450. The van der Waals surface area contributed by atoms with Gasteiger partial charge in [-0.2, -0.15) is 0 Å². The topological polar surface area (TPSA) is 111 Å². The van der Waals surface area contributed by atoms with Crippen LogP contribution in [0, 0.1) is 5.41 Å². The number of rotatable bonds is 10. The van der Waals surface area contributed by atoms with Crippen LogP contribution in [0.1, 0.15) is 26.7 Å². The summed E-state index contributed by atoms with van der Waals surface area (Å²) in [6.45, 7) is 7.95. The first-order chi connectivity index (χ1) is 11.4. The lowest BCUT2D eigenvalue weighted by Crippen LogP contribution is -2.45. The number of amides is 2. The first kappa shape index (κ1) is 20.8. The highest BCUT2D eigenvalue weighted by atomic mass is 16.5. The van der Waals surface area contributed by atoms with Crippen LogP contribution in [0.4, 0.5) is 0 Å². The first-order valence-electron chi connectivity index (χ1n) is 8.50. The molecular formula is C16H31N3O5. The van der Waals surface area contributed by atoms with E-state index in [1.807, 2.05) is 0 Å². The summed E-state index contributed by atoms with van der Waals surface area (Å²) in [4.78, 5) is 25.7. The number of hydrogen-bond donors (Lipinski definition) is 4. The molecule has 8 heteroatoms. The summed E-state index contributed by atoms with van der Waals surface area (Å²) in [5.74, 6) is -0.574. The van der Waals surface area contributed by atoms with Gasteiger partial charge in [-0.05, 0) is 6.42 Å². The van der Waals surface area contributed by atoms with Gasteiger partial charge >= 0.3 is 0 Å². The van der Waals surface area contributed by atoms with Crippen LogP contribution in [0.2, 0.25) is 0 Å². The van der Waals surface area contributed by atoms with Crippen molar-refractivity contribution in [2.45, 2.75) is 32.8 Å². The van der Waals surface area contributed by atoms with Gasteiger partial charge in [0, 0.05) is 44.6 Å². The summed E-state index contributed by atoms with van der Waals surface area (Å²) in [7, 11) is 0. The van der Waals surface area contributed by atoms with Crippen LogP contribution in [-0.4, -0.2) is 85.6 Å². The summed E-state index contributed by atoms with van der Waals surface area (Å²) >= 11 is 0. The SMILES string of the molecule is CC(C)(CO)[C@@H](O)C(=O)NCCCC(=O)NCCN1CCOCC1. The van der Waals surface area contributed by atoms with Crippen LogP contribution in [-0.2, 0) is 14.3 Å². The van der Waals surface area contributed by atoms with Crippen LogP contribution >= 0.6 is 0 Å². The van der Waals surface area contributed by atoms with Gasteiger partial charge in [-0.1, -0.05) is 13.8 Å². The molecule has 1 rings (SSSR count). The van der Waals surface area contributed by atoms with Crippen molar-refractivity contribution in [3.8, 4) is 0 Å². The van der Waals surface area contributed by atoms with E-state index in [1.165, 1.54) is 0 Å². The van der Waals surface area contributed by atoms with Crippen molar-refractivity contribution in [2.24, 2.45) is 5.41 Å². The van der Waals surface area contributed by atoms with Crippen molar-refractivity contribution in [1.82, 2.24) is 15.5 Å². The molecule has 0 saturated carbocycles. The quantitative estimate of drug-likeness (QED) is 0.367. The van der Waals surface area contributed by atoms with Gasteiger partial charge in [0.05, 0.1) is 19.8 Å². The van der Waals surface area contributed by atoms with Gasteiger partial charge in [-0.3, -0.25) is 14.5 Å². The van der Waals surface area contributed by atoms with Gasteiger partial charge < -0.3 is 25.6 Å². The van der Waals surface area contributed by atoms with Crippen LogP contribution in [0.5, 0.6) is 0 Å². The van der Waals surface area contributed by atoms with Crippen LogP contribution < -0.4 is 10.6 Å². The molecule has 1 atom stereocenters. The zero-order valence-electron chi connectivity index (χ0n) is 14.7. The molecule has 140 valence electrons. The van der Waals surface area contributed by atoms with E-state index in [2.05, 4.69) is 15.5 Å². The molecule has 8 nitrogen and oxygen atoms in total. The lowest BCUT2D eigenvalue weighted by molar-refractivity contribution is -0.137. The van der Waals surface area contributed by atoms with Crippen LogP contribution in [0.25, 0.3) is 0 Å². The Balaban J connectivity index is 2.07. The minimum absolute atomic E-state index is 0.0475. The molecule has 0 unspecified atom stereocenters. The average Bonchev–Trinajstić information content (AvgIpc) is 2.58. The van der Waals surface area contributed by atoms with Crippen molar-refractivity contribution >= 4 is 11.8 Å². The van der Waals surface area contributed by atoms with E-state index >= 15 is 0 Å². The summed E-state index contributed by atoms with van der Waals surface area (Å²) in [5, 5.41) is 24.4. The van der Waals surface area contributed by atoms with E-state index in [9.17, 15) is 14.7 Å². The lowest BCUT2D eigenvalue weighted by Gasteiger charge is -2.27. The Morgan fingerprint density at radius 3 is 2.50 bits per heavy atom. The largest absolute Gasteiger partial charge is 0.396 e. The Labute approximate surface area is 143 Å². The highest BCUT2D eigenvalue weighted by Gasteiger charge is 2.32. The Kier molecular flexibility index (Phi) is 9.20. The third-order valence-electron chi connectivity index (χ3n) is 4.13. The minimum Gasteiger partial charge on any atom is -0.396 e. The third kappa shape index (κ3) is 7.57. The number of carbonyl (C=O) groups is 2. The molecule has 2 amide bonds. The zero-order chi connectivity index (χ0) is 18.0. The van der Waals surface area contributed by atoms with E-state index in [1.54, 1.807) is 13.8 Å². The van der Waals surface area contributed by atoms with E-state index < -0.39 is 17.4 Å². The lowest BCUT2D eigenvalue weighted by atomic mass is 9.87. The fourth-order valence-electron chi connectivity index (χ4n) is 2.27. The number of aliphatic hydroxyl groups excluding tert-OH is 2. The van der Waals surface area contributed by atoms with Crippen LogP contribution in [0.3, 0.4) is 0 Å². The molecule has 1 heterocycles. The van der Waals surface area contributed by atoms with Gasteiger partial charge in [0.15, 0.2) is 0 Å². The molecule has 4 N–H and O–H groups in total. The van der Waals surface area contributed by atoms with Crippen molar-refractivity contribution in [1.29, 1.82) is 0 Å². The highest BCUT2D eigenvalue weighted by Crippen LogP contribution is 2.19. The van der Waals surface area contributed by atoms with E-state index in [-0.39, 0.29) is 12.5 Å². The van der Waals surface area contributed by atoms with E-state index in [0.717, 1.165) is 32.8 Å². The zero-order valence-corrected chi connectivity index (χ0v) is 14.7. The number of carbonyl (C=O) groups excluding carboxylic acids is 2. The van der Waals surface area contributed by atoms with Crippen molar-refractivity contribution in [3.63, 3.8) is 0 Å². The molecule has 1 aliphatic heterocycles. The predicted octanol–water partition coefficient (Wildman–Crippen LogP) is -1.29. The molecule has 0 aromatic heterocycles. The van der Waals surface area contributed by atoms with Crippen molar-refractivity contribution in [2.75, 3.05) is 52.5 Å². The molecule has 1 aliphatic rings. The second-order valence-corrected chi connectivity index (χ2v) is 6.75. The van der Waals surface area contributed by atoms with E-state index in [4.69, 9.17) is 9.84 Å². The number of hydrogen-bond acceptors (Lipinski definition) is 6. The molecular weight excluding hydrogens is 314 g/mol. The fraction of sp³-hybridized carbons (Fsp3) is 0.875. The highest BCUT2D eigenvalue weighted by molar-refractivity contribution is 5.81. The van der Waals surface area contributed by atoms with Crippen LogP contribution in [0.15, 0.2) is 0 Å². The molecule has 0 radical (unpaired) electrons. The van der Waals surface area contributed by atoms with Crippen molar-refractivity contribution in [3.05, 3.63) is 0 Å². The number of morpholine rings is 1. The molecule has 0 aliphatic carbocycles. The molecule has 0 aromatic rings. The maximum atomic E-state index is 11.8. The second kappa shape index (κ2) is 10.6. The second-order valence-electron chi connectivity index (χ2n) is 6.75. The predicted molar refractivity (Wildman–Crippen MR) is 89.4 cm³/mol. The van der Waals surface area contributed by atoms with Gasteiger partial charge in [0.2, 0.25) is 11.8 Å². The summed E-state index contributed by atoms with van der Waals surface area (Å²) in [5.41, 5.74) is -0.888. The number of aliphatic hydroxyl groups is 2. The molecule has 0 aromatic carbocycles. The average molecular weight is 345 g/mol. The molecule has 24 heavy (non-hydrogen) atoms. The molecule has 1 fully saturated rings. The fourth-order valence-corrected chi connectivity index (χ4v) is 2.27. The number of nitrogens with zero attached hydrogens (tertiary/aromatic N) is 1. The summed E-state index contributed by atoms with van der Waals surface area (Å²) < 4.78 is 5.26. The monoisotopic (exact) mass is 345 g/mol. The standard InChI is InChI=1S/C16H31N3O5/c1-16(2,12-20)14(22)15(23)18-5-3-4-13(21)17-6-7-19-8-10-24-11-9-19/h14,20,22H,3-12H2,1-2H3,(H,17,21)(H,18,23)/t14-/m0/s1. The minimum atomic E-state index is -1.27. The number of nitrogens with one attached hydrogen (secondary N) is 2. The Hall–Kier alpha value is -1.22. The van der Waals surface area contributed by atoms with E-state index in [0.29, 0.717) is 25.9 Å². The molecule has 0 bridgehead atoms. The number of ether oxygens (including phenoxy) is 1. The summed E-state index contributed by atoms with van der Waals surface area (Å²) in [6, 6.07) is 0. The normalized spacial score (nSPS) is 17.3. The maximum Gasteiger partial charge on any atom is 0.249 e. The molecule has 0 spiro atoms. The Bertz CT molecular complexity index is 397. The third-order valence-corrected chi connectivity index (χ3v) is 4.13. The Morgan fingerprint density at radius 2 is 1.88 bits per heavy atom. The Morgan fingerprint density at radius 1 is 1.21 bits per heavy atom. The first-order valence-corrected chi connectivity index (χ1v) is 8.50.